The topological polar surface area (TPSA) is 138 Å². The molecule has 0 aliphatic carbocycles. The molecule has 30 heavy (non-hydrogen) atoms. The van der Waals surface area contributed by atoms with Gasteiger partial charge in [-0.1, -0.05) is 29.4 Å². The third-order valence-electron chi connectivity index (χ3n) is 3.94. The molecule has 1 aromatic heterocycles. The highest BCUT2D eigenvalue weighted by Crippen LogP contribution is 2.23. The molecule has 0 unspecified atom stereocenters. The Bertz CT molecular complexity index is 1070. The third kappa shape index (κ3) is 5.39. The maximum Gasteiger partial charge on any atom is 0.274 e. The van der Waals surface area contributed by atoms with E-state index in [0.717, 1.165) is 11.8 Å². The van der Waals surface area contributed by atoms with Crippen molar-refractivity contribution in [3.05, 3.63) is 69.0 Å². The Hall–Kier alpha value is -3.31. The molecule has 0 aliphatic rings. The number of hydrogen-bond acceptors (Lipinski definition) is 8. The molecule has 156 valence electrons. The molecule has 10 nitrogen and oxygen atoms in total. The Balaban J connectivity index is 1.54. The molecule has 0 spiro atoms. The summed E-state index contributed by atoms with van der Waals surface area (Å²) in [4.78, 5) is 22.7. The molecule has 0 fully saturated rings. The van der Waals surface area contributed by atoms with E-state index in [4.69, 9.17) is 22.2 Å². The van der Waals surface area contributed by atoms with Gasteiger partial charge < -0.3 is 15.9 Å². The summed E-state index contributed by atoms with van der Waals surface area (Å²) in [6.07, 6.45) is 0. The molecular formula is C18H17ClN6O4S. The van der Waals surface area contributed by atoms with Crippen LogP contribution in [-0.2, 0) is 11.4 Å². The van der Waals surface area contributed by atoms with Crippen LogP contribution in [0.25, 0.3) is 0 Å². The molecule has 0 saturated heterocycles. The van der Waals surface area contributed by atoms with Crippen LogP contribution >= 0.6 is 23.4 Å². The lowest BCUT2D eigenvalue weighted by molar-refractivity contribution is -0.385. The van der Waals surface area contributed by atoms with Crippen LogP contribution in [0, 0.1) is 17.0 Å². The highest BCUT2D eigenvalue weighted by Gasteiger charge is 2.15. The van der Waals surface area contributed by atoms with E-state index in [-0.39, 0.29) is 24.0 Å². The van der Waals surface area contributed by atoms with Crippen molar-refractivity contribution in [3.8, 4) is 5.75 Å². The fraction of sp³-hybridized carbons (Fsp3) is 0.167. The number of ether oxygens (including phenoxy) is 1. The van der Waals surface area contributed by atoms with Gasteiger partial charge in [-0.2, -0.15) is 0 Å². The Labute approximate surface area is 180 Å². The predicted octanol–water partition coefficient (Wildman–Crippen LogP) is 3.17. The van der Waals surface area contributed by atoms with Gasteiger partial charge in [0.2, 0.25) is 11.1 Å². The van der Waals surface area contributed by atoms with Gasteiger partial charge in [-0.25, -0.2) is 4.68 Å². The number of thioether (sulfide) groups is 1. The smallest absolute Gasteiger partial charge is 0.274 e. The van der Waals surface area contributed by atoms with Crippen molar-refractivity contribution in [3.63, 3.8) is 0 Å². The maximum absolute atomic E-state index is 12.2. The van der Waals surface area contributed by atoms with Gasteiger partial charge in [0.1, 0.15) is 12.4 Å². The summed E-state index contributed by atoms with van der Waals surface area (Å²) in [5.74, 6) is 6.57. The first-order chi connectivity index (χ1) is 14.3. The zero-order valence-electron chi connectivity index (χ0n) is 15.7. The average molecular weight is 449 g/mol. The number of nitro benzene ring substituents is 1. The van der Waals surface area contributed by atoms with Gasteiger partial charge in [-0.05, 0) is 37.3 Å². The van der Waals surface area contributed by atoms with Gasteiger partial charge in [0.15, 0.2) is 5.82 Å². The summed E-state index contributed by atoms with van der Waals surface area (Å²) in [5.41, 5.74) is 0.786. The minimum absolute atomic E-state index is 0.00491. The van der Waals surface area contributed by atoms with Crippen LogP contribution in [0.5, 0.6) is 5.75 Å². The second kappa shape index (κ2) is 9.46. The number of nitrogens with zero attached hydrogens (tertiary/aromatic N) is 4. The van der Waals surface area contributed by atoms with Crippen LogP contribution in [0.2, 0.25) is 5.02 Å². The van der Waals surface area contributed by atoms with Gasteiger partial charge in [0.05, 0.1) is 10.7 Å². The fourth-order valence-corrected chi connectivity index (χ4v) is 3.20. The molecule has 3 aromatic rings. The van der Waals surface area contributed by atoms with Crippen LogP contribution in [0.15, 0.2) is 47.6 Å². The standard InChI is InChI=1S/C18H17ClN6O4S/c1-11-2-5-13(8-15(11)25(27)28)21-17(26)10-30-18-23-22-16(24(18)20)9-29-14-6-3-12(19)4-7-14/h2-8H,9-10,20H2,1H3,(H,21,26). The SMILES string of the molecule is Cc1ccc(NC(=O)CSc2nnc(COc3ccc(Cl)cc3)n2N)cc1[N+](=O)[O-]. The molecule has 0 saturated carbocycles. The average Bonchev–Trinajstić information content (AvgIpc) is 3.07. The number of carbonyl (C=O) groups excluding carboxylic acids is 1. The summed E-state index contributed by atoms with van der Waals surface area (Å²) in [7, 11) is 0. The van der Waals surface area contributed by atoms with E-state index in [9.17, 15) is 14.9 Å². The Morgan fingerprint density at radius 2 is 2.03 bits per heavy atom. The number of carbonyl (C=O) groups is 1. The number of benzene rings is 2. The number of nitrogen functional groups attached to an aromatic ring is 1. The third-order valence-corrected chi connectivity index (χ3v) is 5.13. The number of nitrogens with one attached hydrogen (secondary N) is 1. The van der Waals surface area contributed by atoms with E-state index in [1.165, 1.54) is 10.7 Å². The van der Waals surface area contributed by atoms with Crippen LogP contribution in [0.3, 0.4) is 0 Å². The summed E-state index contributed by atoms with van der Waals surface area (Å²) >= 11 is 6.91. The second-order valence-electron chi connectivity index (χ2n) is 6.11. The van der Waals surface area contributed by atoms with E-state index in [1.54, 1.807) is 43.3 Å². The molecule has 1 amide bonds. The number of anilines is 1. The van der Waals surface area contributed by atoms with Crippen molar-refractivity contribution < 1.29 is 14.5 Å². The lowest BCUT2D eigenvalue weighted by Crippen LogP contribution is -2.18. The van der Waals surface area contributed by atoms with Crippen molar-refractivity contribution in [1.82, 2.24) is 14.9 Å². The number of aromatic nitrogens is 3. The number of hydrogen-bond donors (Lipinski definition) is 2. The van der Waals surface area contributed by atoms with Gasteiger partial charge >= 0.3 is 0 Å². The summed E-state index contributed by atoms with van der Waals surface area (Å²) in [6, 6.07) is 11.3. The largest absolute Gasteiger partial charge is 0.486 e. The molecule has 12 heteroatoms. The number of nitro groups is 1. The van der Waals surface area contributed by atoms with E-state index in [0.29, 0.717) is 33.0 Å². The molecule has 0 radical (unpaired) electrons. The molecule has 0 bridgehead atoms. The van der Waals surface area contributed by atoms with Crippen LogP contribution < -0.4 is 15.9 Å². The van der Waals surface area contributed by atoms with E-state index >= 15 is 0 Å². The molecule has 1 heterocycles. The lowest BCUT2D eigenvalue weighted by atomic mass is 10.2. The highest BCUT2D eigenvalue weighted by molar-refractivity contribution is 7.99. The van der Waals surface area contributed by atoms with Crippen LogP contribution in [-0.4, -0.2) is 31.5 Å². The molecule has 2 aromatic carbocycles. The first kappa shape index (κ1) is 21.4. The molecule has 0 atom stereocenters. The minimum Gasteiger partial charge on any atom is -0.486 e. The molecule has 3 rings (SSSR count). The Morgan fingerprint density at radius 1 is 1.30 bits per heavy atom. The van der Waals surface area contributed by atoms with E-state index in [1.807, 2.05) is 0 Å². The number of rotatable bonds is 8. The number of halogens is 1. The molecular weight excluding hydrogens is 432 g/mol. The number of aryl methyl sites for hydroxylation is 1. The first-order valence-electron chi connectivity index (χ1n) is 8.59. The van der Waals surface area contributed by atoms with Gasteiger partial charge in [-0.15, -0.1) is 10.2 Å². The number of amides is 1. The van der Waals surface area contributed by atoms with Crippen molar-refractivity contribution >= 4 is 40.6 Å². The normalized spacial score (nSPS) is 10.6. The monoisotopic (exact) mass is 448 g/mol. The maximum atomic E-state index is 12.2. The van der Waals surface area contributed by atoms with E-state index < -0.39 is 4.92 Å². The van der Waals surface area contributed by atoms with Crippen LogP contribution in [0.1, 0.15) is 11.4 Å². The quantitative estimate of drug-likeness (QED) is 0.232. The Morgan fingerprint density at radius 3 is 2.73 bits per heavy atom. The summed E-state index contributed by atoms with van der Waals surface area (Å²) in [6.45, 7) is 1.72. The highest BCUT2D eigenvalue weighted by atomic mass is 35.5. The summed E-state index contributed by atoms with van der Waals surface area (Å²) in [5, 5.41) is 22.5. The van der Waals surface area contributed by atoms with Crippen molar-refractivity contribution in [2.24, 2.45) is 0 Å². The number of nitrogens with two attached hydrogens (primary N) is 1. The molecule has 0 aliphatic heterocycles. The second-order valence-corrected chi connectivity index (χ2v) is 7.49. The van der Waals surface area contributed by atoms with Crippen molar-refractivity contribution in [1.29, 1.82) is 0 Å². The first-order valence-corrected chi connectivity index (χ1v) is 9.95. The van der Waals surface area contributed by atoms with E-state index in [2.05, 4.69) is 15.5 Å². The van der Waals surface area contributed by atoms with Crippen LogP contribution in [0.4, 0.5) is 11.4 Å². The zero-order chi connectivity index (χ0) is 21.7. The Kier molecular flexibility index (Phi) is 6.75. The van der Waals surface area contributed by atoms with Gasteiger partial charge in [0, 0.05) is 22.3 Å². The van der Waals surface area contributed by atoms with Gasteiger partial charge in [-0.3, -0.25) is 14.9 Å². The fourth-order valence-electron chi connectivity index (χ4n) is 2.39. The summed E-state index contributed by atoms with van der Waals surface area (Å²) < 4.78 is 6.82. The predicted molar refractivity (Wildman–Crippen MR) is 113 cm³/mol. The minimum atomic E-state index is -0.496. The molecule has 3 N–H and O–H groups in total. The van der Waals surface area contributed by atoms with Crippen molar-refractivity contribution in [2.45, 2.75) is 18.7 Å². The zero-order valence-corrected chi connectivity index (χ0v) is 17.3. The lowest BCUT2D eigenvalue weighted by Gasteiger charge is -2.07. The van der Waals surface area contributed by atoms with Gasteiger partial charge in [0.25, 0.3) is 5.69 Å². The van der Waals surface area contributed by atoms with Crippen molar-refractivity contribution in [2.75, 3.05) is 16.9 Å².